The molecule has 0 radical (unpaired) electrons. The second-order valence-corrected chi connectivity index (χ2v) is 5.97. The molecule has 1 heterocycles. The average molecular weight is 422 g/mol. The van der Waals surface area contributed by atoms with Crippen molar-refractivity contribution in [3.63, 3.8) is 0 Å². The van der Waals surface area contributed by atoms with E-state index >= 15 is 0 Å². The quantitative estimate of drug-likeness (QED) is 0.618. The first-order valence-electron chi connectivity index (χ1n) is 8.96. The lowest BCUT2D eigenvalue weighted by Crippen LogP contribution is -2.51. The summed E-state index contributed by atoms with van der Waals surface area (Å²) in [4.78, 5) is 12.8. The molecule has 1 unspecified atom stereocenters. The van der Waals surface area contributed by atoms with Crippen LogP contribution in [0.4, 0.5) is 17.6 Å². The molecule has 162 valence electrons. The van der Waals surface area contributed by atoms with Gasteiger partial charge >= 0.3 is 0 Å². The number of carbonyl (C=O) groups is 1. The zero-order chi connectivity index (χ0) is 21.8. The lowest BCUT2D eigenvalue weighted by atomic mass is 10.1. The summed E-state index contributed by atoms with van der Waals surface area (Å²) in [5, 5.41) is 13.4. The molecule has 0 spiro atoms. The van der Waals surface area contributed by atoms with Crippen LogP contribution in [0, 0.1) is 0 Å². The van der Waals surface area contributed by atoms with E-state index in [1.165, 1.54) is 12.1 Å². The van der Waals surface area contributed by atoms with E-state index in [0.717, 1.165) is 0 Å². The third-order valence-electron chi connectivity index (χ3n) is 3.99. The number of amides is 1. The van der Waals surface area contributed by atoms with Crippen LogP contribution in [0.1, 0.15) is 37.6 Å². The number of benzene rings is 1. The van der Waals surface area contributed by atoms with Gasteiger partial charge < -0.3 is 19.3 Å². The molecule has 1 aliphatic rings. The van der Waals surface area contributed by atoms with E-state index in [4.69, 9.17) is 14.2 Å². The van der Waals surface area contributed by atoms with Gasteiger partial charge in [-0.25, -0.2) is 17.6 Å². The Labute approximate surface area is 164 Å². The molecular formula is C18H22F4N2O5. The molecule has 11 heteroatoms. The van der Waals surface area contributed by atoms with Crippen molar-refractivity contribution in [3.8, 4) is 17.2 Å². The van der Waals surface area contributed by atoms with Gasteiger partial charge in [0.15, 0.2) is 11.5 Å². The fourth-order valence-electron chi connectivity index (χ4n) is 2.74. The minimum Gasteiger partial charge on any atom is -0.490 e. The molecule has 1 aromatic carbocycles. The molecule has 0 aliphatic carbocycles. The van der Waals surface area contributed by atoms with Crippen LogP contribution >= 0.6 is 0 Å². The second kappa shape index (κ2) is 9.29. The van der Waals surface area contributed by atoms with E-state index in [-0.39, 0.29) is 47.6 Å². The van der Waals surface area contributed by atoms with E-state index < -0.39 is 36.6 Å². The monoisotopic (exact) mass is 422 g/mol. The Morgan fingerprint density at radius 1 is 1.10 bits per heavy atom. The van der Waals surface area contributed by atoms with Gasteiger partial charge in [0.2, 0.25) is 11.5 Å². The van der Waals surface area contributed by atoms with Gasteiger partial charge in [-0.3, -0.25) is 4.79 Å². The largest absolute Gasteiger partial charge is 0.490 e. The first kappa shape index (κ1) is 22.7. The van der Waals surface area contributed by atoms with Gasteiger partial charge in [-0.05, 0) is 32.9 Å². The maximum absolute atomic E-state index is 13.4. The number of hydrogen-bond acceptors (Lipinski definition) is 6. The van der Waals surface area contributed by atoms with Gasteiger partial charge in [0.1, 0.15) is 5.71 Å². The summed E-state index contributed by atoms with van der Waals surface area (Å²) in [7, 11) is 0. The molecule has 1 atom stereocenters. The van der Waals surface area contributed by atoms with Crippen LogP contribution in [0.25, 0.3) is 0 Å². The van der Waals surface area contributed by atoms with Crippen LogP contribution < -0.4 is 14.2 Å². The van der Waals surface area contributed by atoms with Crippen molar-refractivity contribution in [1.82, 2.24) is 5.01 Å². The molecule has 1 aliphatic heterocycles. The van der Waals surface area contributed by atoms with E-state index in [1.54, 1.807) is 20.8 Å². The fourth-order valence-corrected chi connectivity index (χ4v) is 2.74. The molecule has 0 fully saturated rings. The molecule has 1 N–H and O–H groups in total. The number of aliphatic hydroxyl groups is 1. The van der Waals surface area contributed by atoms with Crippen LogP contribution in [0.3, 0.4) is 0 Å². The fraction of sp³-hybridized carbons (Fsp3) is 0.556. The number of hydrogen-bond donors (Lipinski definition) is 1. The first-order valence-corrected chi connectivity index (χ1v) is 8.96. The Hall–Kier alpha value is -2.56. The maximum Gasteiger partial charge on any atom is 0.287 e. The van der Waals surface area contributed by atoms with E-state index in [1.807, 2.05) is 0 Å². The standard InChI is InChI=1S/C18H22F4N2O5/c1-4-27-12-7-10(8-13(28-5-2)14(12)29-6-3)16(25)24-18(26,17(21)22)9-11(23-24)15(19)20/h7-8,15,17,26H,4-6,9H2,1-3H3. The number of hydrazone groups is 1. The molecule has 1 amide bonds. The number of rotatable bonds is 9. The van der Waals surface area contributed by atoms with Gasteiger partial charge in [-0.2, -0.15) is 10.1 Å². The molecule has 29 heavy (non-hydrogen) atoms. The van der Waals surface area contributed by atoms with Crippen molar-refractivity contribution in [2.24, 2.45) is 5.10 Å². The number of ether oxygens (including phenoxy) is 3. The third-order valence-corrected chi connectivity index (χ3v) is 3.99. The van der Waals surface area contributed by atoms with Crippen molar-refractivity contribution < 1.29 is 41.7 Å². The molecular weight excluding hydrogens is 400 g/mol. The minimum atomic E-state index is -3.52. The Morgan fingerprint density at radius 3 is 2.03 bits per heavy atom. The van der Waals surface area contributed by atoms with Crippen molar-refractivity contribution in [3.05, 3.63) is 17.7 Å². The molecule has 0 saturated carbocycles. The first-order chi connectivity index (χ1) is 13.7. The topological polar surface area (TPSA) is 80.6 Å². The molecule has 2 rings (SSSR count). The van der Waals surface area contributed by atoms with Crippen molar-refractivity contribution in [1.29, 1.82) is 0 Å². The molecule has 0 saturated heterocycles. The van der Waals surface area contributed by atoms with Crippen molar-refractivity contribution in [2.45, 2.75) is 45.8 Å². The van der Waals surface area contributed by atoms with Crippen molar-refractivity contribution >= 4 is 11.6 Å². The zero-order valence-electron chi connectivity index (χ0n) is 16.1. The number of nitrogens with zero attached hydrogens (tertiary/aromatic N) is 2. The average Bonchev–Trinajstić information content (AvgIpc) is 3.03. The Balaban J connectivity index is 2.55. The number of halogens is 4. The summed E-state index contributed by atoms with van der Waals surface area (Å²) in [5.74, 6) is -0.813. The van der Waals surface area contributed by atoms with Crippen LogP contribution in [0.5, 0.6) is 17.2 Å². The minimum absolute atomic E-state index is 0.0136. The highest BCUT2D eigenvalue weighted by molar-refractivity contribution is 6.00. The Bertz CT molecular complexity index is 748. The van der Waals surface area contributed by atoms with Crippen LogP contribution in [0.15, 0.2) is 17.2 Å². The van der Waals surface area contributed by atoms with Gasteiger partial charge in [0, 0.05) is 12.0 Å². The van der Waals surface area contributed by atoms with E-state index in [0.29, 0.717) is 0 Å². The van der Waals surface area contributed by atoms with Crippen LogP contribution in [-0.2, 0) is 0 Å². The second-order valence-electron chi connectivity index (χ2n) is 5.97. The highest BCUT2D eigenvalue weighted by Gasteiger charge is 2.53. The maximum atomic E-state index is 13.4. The summed E-state index contributed by atoms with van der Waals surface area (Å²) < 4.78 is 69.2. The summed E-state index contributed by atoms with van der Waals surface area (Å²) in [6, 6.07) is 2.39. The summed E-state index contributed by atoms with van der Waals surface area (Å²) >= 11 is 0. The van der Waals surface area contributed by atoms with Crippen molar-refractivity contribution in [2.75, 3.05) is 19.8 Å². The summed E-state index contributed by atoms with van der Waals surface area (Å²) in [6.07, 6.45) is -7.88. The SMILES string of the molecule is CCOc1cc(C(=O)N2N=C(C(F)F)CC2(O)C(F)F)cc(OCC)c1OCC. The number of carbonyl (C=O) groups excluding carboxylic acids is 1. The molecule has 0 bridgehead atoms. The van der Waals surface area contributed by atoms with Gasteiger partial charge in [-0.15, -0.1) is 0 Å². The van der Waals surface area contributed by atoms with Gasteiger partial charge in [0.05, 0.1) is 19.8 Å². The van der Waals surface area contributed by atoms with Gasteiger partial charge in [0.25, 0.3) is 18.8 Å². The zero-order valence-corrected chi connectivity index (χ0v) is 16.1. The summed E-state index contributed by atoms with van der Waals surface area (Å²) in [6.45, 7) is 5.73. The molecule has 0 aromatic heterocycles. The summed E-state index contributed by atoms with van der Waals surface area (Å²) in [5.41, 5.74) is -4.44. The van der Waals surface area contributed by atoms with Gasteiger partial charge in [-0.1, -0.05) is 0 Å². The normalized spacial score (nSPS) is 19.0. The Morgan fingerprint density at radius 2 is 1.62 bits per heavy atom. The predicted molar refractivity (Wildman–Crippen MR) is 95.1 cm³/mol. The van der Waals surface area contributed by atoms with Crippen LogP contribution in [-0.4, -0.2) is 60.1 Å². The molecule has 7 nitrogen and oxygen atoms in total. The lowest BCUT2D eigenvalue weighted by Gasteiger charge is -2.30. The molecule has 1 aromatic rings. The van der Waals surface area contributed by atoms with Crippen LogP contribution in [0.2, 0.25) is 0 Å². The lowest BCUT2D eigenvalue weighted by molar-refractivity contribution is -0.164. The van der Waals surface area contributed by atoms with E-state index in [2.05, 4.69) is 5.10 Å². The predicted octanol–water partition coefficient (Wildman–Crippen LogP) is 3.30. The number of alkyl halides is 4. The third kappa shape index (κ3) is 4.55. The Kier molecular flexibility index (Phi) is 7.28. The highest BCUT2D eigenvalue weighted by atomic mass is 19.3. The highest BCUT2D eigenvalue weighted by Crippen LogP contribution is 2.41. The van der Waals surface area contributed by atoms with E-state index in [9.17, 15) is 27.5 Å². The smallest absolute Gasteiger partial charge is 0.287 e.